The van der Waals surface area contributed by atoms with E-state index in [0.29, 0.717) is 16.6 Å². The van der Waals surface area contributed by atoms with Crippen molar-refractivity contribution >= 4 is 31.9 Å². The molecule has 118 valence electrons. The van der Waals surface area contributed by atoms with Crippen molar-refractivity contribution in [2.75, 3.05) is 13.7 Å². The molecule has 0 saturated heterocycles. The van der Waals surface area contributed by atoms with E-state index in [1.54, 1.807) is 20.1 Å². The van der Waals surface area contributed by atoms with Gasteiger partial charge in [0.1, 0.15) is 0 Å². The second-order valence-electron chi connectivity index (χ2n) is 5.27. The molecule has 0 aromatic heterocycles. The number of nitrogens with one attached hydrogen (secondary N) is 1. The number of primary sulfonamides is 1. The van der Waals surface area contributed by atoms with Gasteiger partial charge in [0.25, 0.3) is 5.91 Å². The van der Waals surface area contributed by atoms with Crippen molar-refractivity contribution in [2.24, 2.45) is 5.14 Å². The lowest BCUT2D eigenvalue weighted by molar-refractivity contribution is 0.0228. The van der Waals surface area contributed by atoms with Gasteiger partial charge in [-0.05, 0) is 38.5 Å². The minimum absolute atomic E-state index is 0.0759. The molecule has 1 amide bonds. The predicted molar refractivity (Wildman–Crippen MR) is 83.7 cm³/mol. The van der Waals surface area contributed by atoms with Crippen LogP contribution in [0.5, 0.6) is 0 Å². The lowest BCUT2D eigenvalue weighted by Crippen LogP contribution is -2.40. The highest BCUT2D eigenvalue weighted by molar-refractivity contribution is 9.10. The van der Waals surface area contributed by atoms with Gasteiger partial charge in [-0.25, -0.2) is 13.6 Å². The van der Waals surface area contributed by atoms with Crippen LogP contribution in [0.4, 0.5) is 0 Å². The fourth-order valence-electron chi connectivity index (χ4n) is 1.65. The fraction of sp³-hybridized carbons (Fsp3) is 0.462. The Labute approximate surface area is 133 Å². The van der Waals surface area contributed by atoms with Crippen molar-refractivity contribution in [1.82, 2.24) is 5.32 Å². The summed E-state index contributed by atoms with van der Waals surface area (Å²) in [7, 11) is -2.34. The normalized spacial score (nSPS) is 12.3. The van der Waals surface area contributed by atoms with Crippen LogP contribution in [0.2, 0.25) is 0 Å². The number of sulfonamides is 1. The van der Waals surface area contributed by atoms with Gasteiger partial charge in [-0.1, -0.05) is 15.9 Å². The van der Waals surface area contributed by atoms with Crippen LogP contribution in [-0.4, -0.2) is 33.6 Å². The molecule has 0 unspecified atom stereocenters. The summed E-state index contributed by atoms with van der Waals surface area (Å²) in [6.45, 7) is 5.50. The highest BCUT2D eigenvalue weighted by atomic mass is 79.9. The summed E-state index contributed by atoms with van der Waals surface area (Å²) in [6.07, 6.45) is 0. The number of nitrogens with two attached hydrogens (primary N) is 1. The van der Waals surface area contributed by atoms with E-state index in [-0.39, 0.29) is 16.4 Å². The Hall–Kier alpha value is -0.960. The Morgan fingerprint density at radius 2 is 2.00 bits per heavy atom. The molecule has 1 rings (SSSR count). The maximum absolute atomic E-state index is 12.2. The summed E-state index contributed by atoms with van der Waals surface area (Å²) in [5.41, 5.74) is 0.0481. The average molecular weight is 379 g/mol. The van der Waals surface area contributed by atoms with Crippen molar-refractivity contribution in [1.29, 1.82) is 0 Å². The monoisotopic (exact) mass is 378 g/mol. The topological polar surface area (TPSA) is 98.5 Å². The molecule has 0 aliphatic heterocycles. The SMILES string of the molecule is COC(C)(C)CNC(=O)c1cc(Br)cc(S(N)(=O)=O)c1C. The zero-order valence-corrected chi connectivity index (χ0v) is 14.8. The Bertz CT molecular complexity index is 656. The van der Waals surface area contributed by atoms with Crippen LogP contribution in [-0.2, 0) is 14.8 Å². The van der Waals surface area contributed by atoms with Crippen molar-refractivity contribution < 1.29 is 17.9 Å². The molecule has 8 heteroatoms. The summed E-state index contributed by atoms with van der Waals surface area (Å²) in [5.74, 6) is -0.385. The minimum atomic E-state index is -3.89. The molecule has 0 aliphatic carbocycles. The highest BCUT2D eigenvalue weighted by Gasteiger charge is 2.22. The van der Waals surface area contributed by atoms with Crippen molar-refractivity contribution in [2.45, 2.75) is 31.3 Å². The van der Waals surface area contributed by atoms with Crippen LogP contribution in [0, 0.1) is 6.92 Å². The maximum atomic E-state index is 12.2. The number of rotatable bonds is 5. The van der Waals surface area contributed by atoms with Gasteiger partial charge in [0, 0.05) is 23.7 Å². The number of ether oxygens (including phenoxy) is 1. The zero-order chi connectivity index (χ0) is 16.4. The standard InChI is InChI=1S/C13H19BrN2O4S/c1-8-10(12(17)16-7-13(2,3)20-4)5-9(14)6-11(8)21(15,18)19/h5-6H,7H2,1-4H3,(H,16,17)(H2,15,18,19). The molecule has 0 saturated carbocycles. The quantitative estimate of drug-likeness (QED) is 0.811. The molecule has 0 atom stereocenters. The average Bonchev–Trinajstić information content (AvgIpc) is 2.37. The first-order valence-electron chi connectivity index (χ1n) is 6.14. The van der Waals surface area contributed by atoms with Crippen LogP contribution in [0.3, 0.4) is 0 Å². The second kappa shape index (κ2) is 6.43. The predicted octanol–water partition coefficient (Wildman–Crippen LogP) is 1.56. The molecule has 0 aliphatic rings. The van der Waals surface area contributed by atoms with E-state index >= 15 is 0 Å². The van der Waals surface area contributed by atoms with Gasteiger partial charge in [-0.3, -0.25) is 4.79 Å². The molecule has 0 bridgehead atoms. The van der Waals surface area contributed by atoms with E-state index in [4.69, 9.17) is 9.88 Å². The molecule has 1 aromatic carbocycles. The number of benzene rings is 1. The van der Waals surface area contributed by atoms with E-state index in [0.717, 1.165) is 0 Å². The third-order valence-electron chi connectivity index (χ3n) is 3.10. The molecule has 3 N–H and O–H groups in total. The van der Waals surface area contributed by atoms with Gasteiger partial charge in [-0.15, -0.1) is 0 Å². The summed E-state index contributed by atoms with van der Waals surface area (Å²) in [5, 5.41) is 7.88. The Kier molecular flexibility index (Phi) is 5.54. The van der Waals surface area contributed by atoms with Crippen molar-refractivity contribution in [3.8, 4) is 0 Å². The molecular formula is C13H19BrN2O4S. The fourth-order valence-corrected chi connectivity index (χ4v) is 3.08. The van der Waals surface area contributed by atoms with Crippen LogP contribution in [0.1, 0.15) is 29.8 Å². The molecule has 6 nitrogen and oxygen atoms in total. The number of carbonyl (C=O) groups excluding carboxylic acids is 1. The molecule has 0 heterocycles. The van der Waals surface area contributed by atoms with Crippen LogP contribution < -0.4 is 10.5 Å². The van der Waals surface area contributed by atoms with Gasteiger partial charge < -0.3 is 10.1 Å². The number of amides is 1. The summed E-state index contributed by atoms with van der Waals surface area (Å²) in [6, 6.07) is 2.93. The number of halogens is 1. The molecule has 1 aromatic rings. The second-order valence-corrected chi connectivity index (χ2v) is 7.71. The van der Waals surface area contributed by atoms with Crippen LogP contribution in [0.25, 0.3) is 0 Å². The molecule has 21 heavy (non-hydrogen) atoms. The summed E-state index contributed by atoms with van der Waals surface area (Å²) >= 11 is 3.19. The van der Waals surface area contributed by atoms with Gasteiger partial charge >= 0.3 is 0 Å². The van der Waals surface area contributed by atoms with E-state index < -0.39 is 15.6 Å². The largest absolute Gasteiger partial charge is 0.377 e. The number of carbonyl (C=O) groups is 1. The first-order valence-corrected chi connectivity index (χ1v) is 8.48. The van der Waals surface area contributed by atoms with Gasteiger partial charge in [-0.2, -0.15) is 0 Å². The van der Waals surface area contributed by atoms with E-state index in [9.17, 15) is 13.2 Å². The lowest BCUT2D eigenvalue weighted by atomic mass is 10.1. The van der Waals surface area contributed by atoms with Gasteiger partial charge in [0.2, 0.25) is 10.0 Å². The van der Waals surface area contributed by atoms with Crippen molar-refractivity contribution in [3.63, 3.8) is 0 Å². The molecule has 0 spiro atoms. The first-order chi connectivity index (χ1) is 9.48. The summed E-state index contributed by atoms with van der Waals surface area (Å²) < 4.78 is 28.8. The minimum Gasteiger partial charge on any atom is -0.377 e. The zero-order valence-electron chi connectivity index (χ0n) is 12.4. The Morgan fingerprint density at radius 1 is 1.43 bits per heavy atom. The first kappa shape index (κ1) is 18.1. The third-order valence-corrected chi connectivity index (χ3v) is 4.60. The lowest BCUT2D eigenvalue weighted by Gasteiger charge is -2.23. The highest BCUT2D eigenvalue weighted by Crippen LogP contribution is 2.24. The summed E-state index contributed by atoms with van der Waals surface area (Å²) in [4.78, 5) is 12.2. The smallest absolute Gasteiger partial charge is 0.251 e. The molecule has 0 radical (unpaired) electrons. The van der Waals surface area contributed by atoms with Crippen LogP contribution >= 0.6 is 15.9 Å². The number of hydrogen-bond donors (Lipinski definition) is 2. The number of hydrogen-bond acceptors (Lipinski definition) is 4. The van der Waals surface area contributed by atoms with E-state index in [1.165, 1.54) is 6.07 Å². The van der Waals surface area contributed by atoms with Crippen molar-refractivity contribution in [3.05, 3.63) is 27.7 Å². The van der Waals surface area contributed by atoms with Gasteiger partial charge in [0.05, 0.1) is 10.5 Å². The number of methoxy groups -OCH3 is 1. The van der Waals surface area contributed by atoms with Gasteiger partial charge in [0.15, 0.2) is 0 Å². The van der Waals surface area contributed by atoms with Crippen LogP contribution in [0.15, 0.2) is 21.5 Å². The Balaban J connectivity index is 3.14. The third kappa shape index (κ3) is 4.77. The van der Waals surface area contributed by atoms with E-state index in [1.807, 2.05) is 13.8 Å². The molecule has 0 fully saturated rings. The Morgan fingerprint density at radius 3 is 2.48 bits per heavy atom. The molecular weight excluding hydrogens is 360 g/mol. The van der Waals surface area contributed by atoms with E-state index in [2.05, 4.69) is 21.2 Å². The maximum Gasteiger partial charge on any atom is 0.251 e.